The van der Waals surface area contributed by atoms with Gasteiger partial charge in [0, 0.05) is 5.39 Å². The maximum absolute atomic E-state index is 5.91. The molecule has 1 aromatic heterocycles. The number of furan rings is 1. The van der Waals surface area contributed by atoms with Crippen molar-refractivity contribution in [3.8, 4) is 0 Å². The average Bonchev–Trinajstić information content (AvgIpc) is 2.65. The van der Waals surface area contributed by atoms with E-state index in [4.69, 9.17) is 10.2 Å². The molecule has 2 unspecified atom stereocenters. The highest BCUT2D eigenvalue weighted by molar-refractivity contribution is 5.83. The van der Waals surface area contributed by atoms with Crippen LogP contribution in [-0.4, -0.2) is 0 Å². The zero-order valence-electron chi connectivity index (χ0n) is 11.1. The molecule has 1 heterocycles. The molecule has 2 rings (SSSR count). The van der Waals surface area contributed by atoms with Gasteiger partial charge in [0.2, 0.25) is 0 Å². The van der Waals surface area contributed by atoms with Gasteiger partial charge in [0.15, 0.2) is 0 Å². The lowest BCUT2D eigenvalue weighted by molar-refractivity contribution is 0.509. The summed E-state index contributed by atoms with van der Waals surface area (Å²) in [5, 5.41) is 1.20. The van der Waals surface area contributed by atoms with Gasteiger partial charge in [-0.3, -0.25) is 0 Å². The molecule has 92 valence electrons. The molecule has 0 bridgehead atoms. The molecule has 0 amide bonds. The summed E-state index contributed by atoms with van der Waals surface area (Å²) in [5.41, 5.74) is 9.41. The number of hydrogen-bond donors (Lipinski definition) is 1. The number of rotatable bonds is 3. The van der Waals surface area contributed by atoms with Gasteiger partial charge < -0.3 is 10.2 Å². The van der Waals surface area contributed by atoms with Gasteiger partial charge in [-0.1, -0.05) is 19.9 Å². The molecule has 17 heavy (non-hydrogen) atoms. The number of nitrogens with two attached hydrogens (primary N) is 1. The zero-order chi connectivity index (χ0) is 12.6. The van der Waals surface area contributed by atoms with Crippen molar-refractivity contribution in [3.05, 3.63) is 35.1 Å². The quantitative estimate of drug-likeness (QED) is 0.856. The van der Waals surface area contributed by atoms with Crippen molar-refractivity contribution in [2.75, 3.05) is 0 Å². The van der Waals surface area contributed by atoms with Crippen LogP contribution in [-0.2, 0) is 0 Å². The molecule has 0 aliphatic carbocycles. The highest BCUT2D eigenvalue weighted by Crippen LogP contribution is 2.31. The van der Waals surface area contributed by atoms with Gasteiger partial charge in [0.05, 0.1) is 6.04 Å². The second-order valence-corrected chi connectivity index (χ2v) is 4.94. The first-order valence-corrected chi connectivity index (χ1v) is 6.33. The lowest BCUT2D eigenvalue weighted by atomic mass is 9.96. The normalized spacial score (nSPS) is 15.1. The van der Waals surface area contributed by atoms with Crippen molar-refractivity contribution in [1.82, 2.24) is 0 Å². The van der Waals surface area contributed by atoms with E-state index < -0.39 is 0 Å². The Morgan fingerprint density at radius 3 is 2.59 bits per heavy atom. The number of aryl methyl sites for hydroxylation is 1. The van der Waals surface area contributed by atoms with Crippen molar-refractivity contribution >= 4 is 11.0 Å². The molecule has 2 atom stereocenters. The van der Waals surface area contributed by atoms with E-state index in [2.05, 4.69) is 39.0 Å². The fourth-order valence-electron chi connectivity index (χ4n) is 2.23. The number of hydrogen-bond acceptors (Lipinski definition) is 2. The maximum atomic E-state index is 5.91. The lowest BCUT2D eigenvalue weighted by Gasteiger charge is -2.08. The molecule has 2 heteroatoms. The van der Waals surface area contributed by atoms with Crippen molar-refractivity contribution in [3.63, 3.8) is 0 Å². The molecule has 0 saturated heterocycles. The van der Waals surface area contributed by atoms with Crippen molar-refractivity contribution < 1.29 is 4.42 Å². The Labute approximate surface area is 103 Å². The number of benzene rings is 1. The molecule has 2 aromatic rings. The molecule has 0 aliphatic rings. The van der Waals surface area contributed by atoms with Gasteiger partial charge in [-0.25, -0.2) is 0 Å². The first-order valence-electron chi connectivity index (χ1n) is 6.33. The Bertz CT molecular complexity index is 525. The SMILES string of the molecule is CCC(C)c1ccc2oc(C(C)N)c(C)c2c1. The summed E-state index contributed by atoms with van der Waals surface area (Å²) >= 11 is 0. The summed E-state index contributed by atoms with van der Waals surface area (Å²) in [5.74, 6) is 1.49. The Hall–Kier alpha value is -1.28. The van der Waals surface area contributed by atoms with E-state index in [0.29, 0.717) is 5.92 Å². The van der Waals surface area contributed by atoms with Crippen LogP contribution in [0.4, 0.5) is 0 Å². The van der Waals surface area contributed by atoms with Gasteiger partial charge in [-0.05, 0) is 49.4 Å². The van der Waals surface area contributed by atoms with Crippen LogP contribution in [0.3, 0.4) is 0 Å². The van der Waals surface area contributed by atoms with E-state index in [1.807, 2.05) is 6.92 Å². The molecule has 2 N–H and O–H groups in total. The Morgan fingerprint density at radius 2 is 2.00 bits per heavy atom. The minimum atomic E-state index is -0.0468. The smallest absolute Gasteiger partial charge is 0.134 e. The first kappa shape index (κ1) is 12.2. The van der Waals surface area contributed by atoms with Crippen LogP contribution in [0.5, 0.6) is 0 Å². The van der Waals surface area contributed by atoms with Crippen LogP contribution in [0.2, 0.25) is 0 Å². The average molecular weight is 231 g/mol. The summed E-state index contributed by atoms with van der Waals surface area (Å²) in [4.78, 5) is 0. The third-order valence-electron chi connectivity index (χ3n) is 3.59. The summed E-state index contributed by atoms with van der Waals surface area (Å²) < 4.78 is 5.80. The van der Waals surface area contributed by atoms with E-state index in [1.54, 1.807) is 0 Å². The van der Waals surface area contributed by atoms with Crippen molar-refractivity contribution in [2.24, 2.45) is 5.73 Å². The summed E-state index contributed by atoms with van der Waals surface area (Å²) in [7, 11) is 0. The Balaban J connectivity index is 2.57. The van der Waals surface area contributed by atoms with Crippen LogP contribution in [0.15, 0.2) is 22.6 Å². The molecule has 0 radical (unpaired) electrons. The third kappa shape index (κ3) is 2.09. The highest BCUT2D eigenvalue weighted by Gasteiger charge is 2.14. The topological polar surface area (TPSA) is 39.2 Å². The Kier molecular flexibility index (Phi) is 3.25. The van der Waals surface area contributed by atoms with Crippen LogP contribution in [0.1, 0.15) is 56.0 Å². The van der Waals surface area contributed by atoms with E-state index in [1.165, 1.54) is 16.5 Å². The minimum Gasteiger partial charge on any atom is -0.459 e. The van der Waals surface area contributed by atoms with Gasteiger partial charge in [0.1, 0.15) is 11.3 Å². The van der Waals surface area contributed by atoms with Gasteiger partial charge in [0.25, 0.3) is 0 Å². The monoisotopic (exact) mass is 231 g/mol. The molecular weight excluding hydrogens is 210 g/mol. The molecule has 0 saturated carbocycles. The van der Waals surface area contributed by atoms with Crippen LogP contribution >= 0.6 is 0 Å². The molecule has 2 nitrogen and oxygen atoms in total. The van der Waals surface area contributed by atoms with Crippen LogP contribution < -0.4 is 5.73 Å². The van der Waals surface area contributed by atoms with Crippen LogP contribution in [0, 0.1) is 6.92 Å². The van der Waals surface area contributed by atoms with Gasteiger partial charge >= 0.3 is 0 Å². The lowest BCUT2D eigenvalue weighted by Crippen LogP contribution is -2.04. The van der Waals surface area contributed by atoms with Gasteiger partial charge in [-0.15, -0.1) is 0 Å². The van der Waals surface area contributed by atoms with E-state index in [9.17, 15) is 0 Å². The van der Waals surface area contributed by atoms with Gasteiger partial charge in [-0.2, -0.15) is 0 Å². The van der Waals surface area contributed by atoms with E-state index in [-0.39, 0.29) is 6.04 Å². The molecule has 0 spiro atoms. The second-order valence-electron chi connectivity index (χ2n) is 4.94. The van der Waals surface area contributed by atoms with Crippen LogP contribution in [0.25, 0.3) is 11.0 Å². The largest absolute Gasteiger partial charge is 0.459 e. The molecular formula is C15H21NO. The second kappa shape index (κ2) is 4.53. The van der Waals surface area contributed by atoms with Crippen molar-refractivity contribution in [1.29, 1.82) is 0 Å². The Morgan fingerprint density at radius 1 is 1.29 bits per heavy atom. The number of fused-ring (bicyclic) bond motifs is 1. The predicted octanol–water partition coefficient (Wildman–Crippen LogP) is 4.27. The molecule has 0 aliphatic heterocycles. The highest BCUT2D eigenvalue weighted by atomic mass is 16.3. The predicted molar refractivity (Wildman–Crippen MR) is 72.3 cm³/mol. The fourth-order valence-corrected chi connectivity index (χ4v) is 2.23. The standard InChI is InChI=1S/C15H21NO/c1-5-9(2)12-6-7-14-13(8-12)10(3)15(17-14)11(4)16/h6-9,11H,5,16H2,1-4H3. The molecule has 1 aromatic carbocycles. The van der Waals surface area contributed by atoms with E-state index >= 15 is 0 Å². The summed E-state index contributed by atoms with van der Waals surface area (Å²) in [6, 6.07) is 6.42. The first-order chi connectivity index (χ1) is 8.04. The summed E-state index contributed by atoms with van der Waals surface area (Å²) in [6.45, 7) is 8.51. The minimum absolute atomic E-state index is 0.0468. The van der Waals surface area contributed by atoms with E-state index in [0.717, 1.165) is 17.8 Å². The zero-order valence-corrected chi connectivity index (χ0v) is 11.1. The van der Waals surface area contributed by atoms with Crippen molar-refractivity contribution in [2.45, 2.75) is 46.1 Å². The fraction of sp³-hybridized carbons (Fsp3) is 0.467. The molecule has 0 fully saturated rings. The maximum Gasteiger partial charge on any atom is 0.134 e. The third-order valence-corrected chi connectivity index (χ3v) is 3.59. The summed E-state index contributed by atoms with van der Waals surface area (Å²) in [6.07, 6.45) is 1.16.